The fourth-order valence-electron chi connectivity index (χ4n) is 8.77. The molecule has 4 atom stereocenters. The zero-order chi connectivity index (χ0) is 44.2. The molecule has 4 heterocycles. The van der Waals surface area contributed by atoms with Crippen molar-refractivity contribution in [2.24, 2.45) is 5.92 Å². The van der Waals surface area contributed by atoms with Crippen molar-refractivity contribution >= 4 is 34.8 Å². The van der Waals surface area contributed by atoms with Gasteiger partial charge in [-0.05, 0) is 77.3 Å². The molecular weight excluding hydrogens is 801 g/mol. The maximum atomic E-state index is 14.1. The van der Waals surface area contributed by atoms with Gasteiger partial charge in [0.15, 0.2) is 0 Å². The Bertz CT molecular complexity index is 2620. The van der Waals surface area contributed by atoms with Crippen molar-refractivity contribution in [2.75, 3.05) is 34.4 Å². The van der Waals surface area contributed by atoms with Crippen LogP contribution < -0.4 is 15.4 Å². The summed E-state index contributed by atoms with van der Waals surface area (Å²) in [5.41, 5.74) is 6.32. The van der Waals surface area contributed by atoms with E-state index in [2.05, 4.69) is 81.3 Å². The SMILES string of the molecule is COC(=O)N[C@H](C(=O)N1CCCC1c1ncc(-c2ccc3cc(-c4ccc(-c5cnc([C@@H]6CCCN6C(=O)[C@H](NC(=O)OC)c6ccccc6OC)[nH]5)cc4)ccc3c2)[nH]1)C(C)C. The van der Waals surface area contributed by atoms with Crippen LogP contribution in [-0.2, 0) is 19.1 Å². The van der Waals surface area contributed by atoms with Gasteiger partial charge in [-0.2, -0.15) is 0 Å². The summed E-state index contributed by atoms with van der Waals surface area (Å²) in [5.74, 6) is 1.36. The molecule has 2 aliphatic heterocycles. The van der Waals surface area contributed by atoms with Gasteiger partial charge in [0.1, 0.15) is 29.5 Å². The number of likely N-dealkylation sites (tertiary alicyclic amines) is 2. The highest BCUT2D eigenvalue weighted by Crippen LogP contribution is 2.37. The largest absolute Gasteiger partial charge is 0.496 e. The Hall–Kier alpha value is -7.16. The minimum absolute atomic E-state index is 0.111. The highest BCUT2D eigenvalue weighted by molar-refractivity contribution is 5.91. The molecule has 8 rings (SSSR count). The predicted molar refractivity (Wildman–Crippen MR) is 237 cm³/mol. The fraction of sp³-hybridized carbons (Fsp3) is 0.333. The predicted octanol–water partition coefficient (Wildman–Crippen LogP) is 8.10. The van der Waals surface area contributed by atoms with E-state index in [1.807, 2.05) is 31.0 Å². The third-order valence-electron chi connectivity index (χ3n) is 12.1. The number of nitrogens with zero attached hydrogens (tertiary/aromatic N) is 4. The molecular formula is C48H52N8O7. The molecule has 2 aromatic heterocycles. The van der Waals surface area contributed by atoms with Crippen LogP contribution in [0.2, 0.25) is 0 Å². The average Bonchev–Trinajstić information content (AvgIpc) is 4.16. The number of methoxy groups -OCH3 is 3. The molecule has 2 fully saturated rings. The molecule has 0 bridgehead atoms. The van der Waals surface area contributed by atoms with Gasteiger partial charge in [-0.3, -0.25) is 9.59 Å². The first-order chi connectivity index (χ1) is 30.6. The molecule has 0 saturated carbocycles. The minimum atomic E-state index is -1.01. The number of carbonyl (C=O) groups excluding carboxylic acids is 4. The van der Waals surface area contributed by atoms with Crippen LogP contribution in [0.4, 0.5) is 9.59 Å². The molecule has 326 valence electrons. The van der Waals surface area contributed by atoms with E-state index in [4.69, 9.17) is 24.2 Å². The second-order valence-corrected chi connectivity index (χ2v) is 16.3. The van der Waals surface area contributed by atoms with Crippen molar-refractivity contribution < 1.29 is 33.4 Å². The number of alkyl carbamates (subject to hydrolysis) is 2. The third-order valence-corrected chi connectivity index (χ3v) is 12.1. The Balaban J connectivity index is 0.947. The molecule has 63 heavy (non-hydrogen) atoms. The van der Waals surface area contributed by atoms with Crippen molar-refractivity contribution in [3.8, 4) is 39.4 Å². The monoisotopic (exact) mass is 852 g/mol. The van der Waals surface area contributed by atoms with Gasteiger partial charge in [0.05, 0.1) is 57.2 Å². The van der Waals surface area contributed by atoms with E-state index in [1.54, 1.807) is 29.3 Å². The molecule has 4 N–H and O–H groups in total. The number of benzene rings is 4. The van der Waals surface area contributed by atoms with E-state index in [-0.39, 0.29) is 29.8 Å². The number of hydrogen-bond donors (Lipinski definition) is 4. The summed E-state index contributed by atoms with van der Waals surface area (Å²) in [6.07, 6.45) is 5.40. The normalized spacial score (nSPS) is 17.1. The Morgan fingerprint density at radius 1 is 0.651 bits per heavy atom. The lowest BCUT2D eigenvalue weighted by atomic mass is 9.98. The number of ether oxygens (including phenoxy) is 3. The molecule has 2 aliphatic rings. The van der Waals surface area contributed by atoms with Gasteiger partial charge >= 0.3 is 12.2 Å². The second-order valence-electron chi connectivity index (χ2n) is 16.3. The number of imidazole rings is 2. The molecule has 4 aromatic carbocycles. The molecule has 0 radical (unpaired) electrons. The van der Waals surface area contributed by atoms with Crippen molar-refractivity contribution in [1.82, 2.24) is 40.4 Å². The van der Waals surface area contributed by atoms with Crippen LogP contribution in [0.25, 0.3) is 44.4 Å². The summed E-state index contributed by atoms with van der Waals surface area (Å²) in [5, 5.41) is 7.58. The number of rotatable bonds is 12. The molecule has 15 nitrogen and oxygen atoms in total. The summed E-state index contributed by atoms with van der Waals surface area (Å²) < 4.78 is 15.2. The van der Waals surface area contributed by atoms with Crippen LogP contribution >= 0.6 is 0 Å². The first-order valence-electron chi connectivity index (χ1n) is 21.2. The first kappa shape index (κ1) is 42.5. The topological polar surface area (TPSA) is 184 Å². The summed E-state index contributed by atoms with van der Waals surface area (Å²) in [6.45, 7) is 4.91. The van der Waals surface area contributed by atoms with Crippen LogP contribution in [0, 0.1) is 5.92 Å². The van der Waals surface area contributed by atoms with E-state index in [1.165, 1.54) is 21.3 Å². The van der Waals surface area contributed by atoms with Gasteiger partial charge in [0, 0.05) is 24.2 Å². The Labute approximate surface area is 365 Å². The zero-order valence-corrected chi connectivity index (χ0v) is 36.0. The minimum Gasteiger partial charge on any atom is -0.496 e. The number of hydrogen-bond acceptors (Lipinski definition) is 9. The Morgan fingerprint density at radius 2 is 1.17 bits per heavy atom. The van der Waals surface area contributed by atoms with Crippen molar-refractivity contribution in [3.63, 3.8) is 0 Å². The highest BCUT2D eigenvalue weighted by atomic mass is 16.5. The van der Waals surface area contributed by atoms with E-state index in [0.717, 1.165) is 75.9 Å². The molecule has 0 aliphatic carbocycles. The lowest BCUT2D eigenvalue weighted by Crippen LogP contribution is -2.51. The van der Waals surface area contributed by atoms with Crippen LogP contribution in [0.15, 0.2) is 97.3 Å². The Kier molecular flexibility index (Phi) is 12.4. The number of para-hydroxylation sites is 1. The lowest BCUT2D eigenvalue weighted by molar-refractivity contribution is -0.136. The van der Waals surface area contributed by atoms with E-state index in [9.17, 15) is 19.2 Å². The van der Waals surface area contributed by atoms with E-state index in [0.29, 0.717) is 30.2 Å². The molecule has 1 unspecified atom stereocenters. The summed E-state index contributed by atoms with van der Waals surface area (Å²) in [6, 6.07) is 25.9. The number of amides is 4. The number of carbonyl (C=O) groups is 4. The van der Waals surface area contributed by atoms with Gasteiger partial charge in [0.25, 0.3) is 5.91 Å². The van der Waals surface area contributed by atoms with Gasteiger partial charge < -0.3 is 44.6 Å². The molecule has 15 heteroatoms. The maximum absolute atomic E-state index is 14.1. The first-order valence-corrected chi connectivity index (χ1v) is 21.2. The number of fused-ring (bicyclic) bond motifs is 1. The quantitative estimate of drug-likeness (QED) is 0.0945. The van der Waals surface area contributed by atoms with E-state index >= 15 is 0 Å². The fourth-order valence-corrected chi connectivity index (χ4v) is 8.77. The standard InChI is InChI=1S/C48H52N8O7/c1-28(2)41(53-47(59)62-4)45(57)55-22-8-11-38(55)44-50-27-37(52-44)34-21-20-32-24-31(18-19-33(32)25-34)29-14-16-30(17-15-29)36-26-49-43(51-36)39-12-9-23-56(39)46(58)42(54-48(60)63-5)35-10-6-7-13-40(35)61-3/h6-7,10,13-21,24-28,38-39,41-42H,8-9,11-12,22-23H2,1-5H3,(H,49,51)(H,50,52)(H,53,59)(H,54,60)/t38?,39-,41-,42+/m0/s1. The molecule has 4 amide bonds. The number of H-pyrrole nitrogens is 2. The molecule has 6 aromatic rings. The number of aromatic nitrogens is 4. The van der Waals surface area contributed by atoms with Crippen LogP contribution in [-0.4, -0.2) is 94.2 Å². The lowest BCUT2D eigenvalue weighted by Gasteiger charge is -2.30. The van der Waals surface area contributed by atoms with Crippen LogP contribution in [0.3, 0.4) is 0 Å². The van der Waals surface area contributed by atoms with Crippen molar-refractivity contribution in [3.05, 3.63) is 115 Å². The summed E-state index contributed by atoms with van der Waals surface area (Å²) >= 11 is 0. The van der Waals surface area contributed by atoms with Gasteiger partial charge in [0.2, 0.25) is 5.91 Å². The maximum Gasteiger partial charge on any atom is 0.407 e. The van der Waals surface area contributed by atoms with Crippen LogP contribution in [0.1, 0.15) is 74.9 Å². The zero-order valence-electron chi connectivity index (χ0n) is 36.0. The van der Waals surface area contributed by atoms with Gasteiger partial charge in [-0.15, -0.1) is 0 Å². The second kappa shape index (κ2) is 18.4. The third kappa shape index (κ3) is 8.81. The van der Waals surface area contributed by atoms with Crippen LogP contribution in [0.5, 0.6) is 5.75 Å². The van der Waals surface area contributed by atoms with E-state index < -0.39 is 24.3 Å². The Morgan fingerprint density at radius 3 is 1.78 bits per heavy atom. The van der Waals surface area contributed by atoms with Crippen molar-refractivity contribution in [1.29, 1.82) is 0 Å². The highest BCUT2D eigenvalue weighted by Gasteiger charge is 2.39. The summed E-state index contributed by atoms with van der Waals surface area (Å²) in [4.78, 5) is 72.1. The average molecular weight is 853 g/mol. The van der Waals surface area contributed by atoms with Gasteiger partial charge in [-0.25, -0.2) is 19.6 Å². The number of aromatic amines is 2. The smallest absolute Gasteiger partial charge is 0.407 e. The van der Waals surface area contributed by atoms with Crippen molar-refractivity contribution in [2.45, 2.75) is 63.7 Å². The van der Waals surface area contributed by atoms with Gasteiger partial charge in [-0.1, -0.05) is 80.6 Å². The number of nitrogens with one attached hydrogen (secondary N) is 4. The molecule has 2 saturated heterocycles. The summed E-state index contributed by atoms with van der Waals surface area (Å²) in [7, 11) is 4.08. The molecule has 0 spiro atoms.